The summed E-state index contributed by atoms with van der Waals surface area (Å²) in [6, 6.07) is 0. The summed E-state index contributed by atoms with van der Waals surface area (Å²) in [5.74, 6) is 1.04. The highest BCUT2D eigenvalue weighted by molar-refractivity contribution is 7.80. The van der Waals surface area contributed by atoms with E-state index in [1.807, 2.05) is 12.2 Å². The molecule has 112 valence electrons. The van der Waals surface area contributed by atoms with Crippen molar-refractivity contribution in [2.45, 2.75) is 63.5 Å². The number of allylic oxidation sites excluding steroid dienone is 1. The molecule has 1 aliphatic heterocycles. The fraction of sp³-hybridized carbons (Fsp3) is 0.706. The third-order valence-corrected chi connectivity index (χ3v) is 5.16. The van der Waals surface area contributed by atoms with Gasteiger partial charge in [-0.15, -0.1) is 6.58 Å². The van der Waals surface area contributed by atoms with Gasteiger partial charge < -0.3 is 10.4 Å². The van der Waals surface area contributed by atoms with Crippen LogP contribution >= 0.6 is 12.2 Å². The molecule has 0 aromatic carbocycles. The number of thiocarbonyl (C=S) groups is 1. The van der Waals surface area contributed by atoms with Crippen LogP contribution in [0.25, 0.3) is 0 Å². The van der Waals surface area contributed by atoms with E-state index < -0.39 is 0 Å². The van der Waals surface area contributed by atoms with Crippen molar-refractivity contribution in [1.82, 2.24) is 5.32 Å². The van der Waals surface area contributed by atoms with Crippen LogP contribution in [0.5, 0.6) is 0 Å². The van der Waals surface area contributed by atoms with Gasteiger partial charge in [0.05, 0.1) is 16.6 Å². The lowest BCUT2D eigenvalue weighted by Crippen LogP contribution is -2.40. The Morgan fingerprint density at radius 1 is 1.55 bits per heavy atom. The fourth-order valence-corrected chi connectivity index (χ4v) is 4.05. The first-order chi connectivity index (χ1) is 9.61. The number of aliphatic hydroxyl groups is 1. The summed E-state index contributed by atoms with van der Waals surface area (Å²) in [6.07, 6.45) is 13.6. The molecule has 0 unspecified atom stereocenters. The lowest BCUT2D eigenvalue weighted by Gasteiger charge is -2.26. The second-order valence-corrected chi connectivity index (χ2v) is 6.75. The van der Waals surface area contributed by atoms with E-state index in [1.165, 1.54) is 12.8 Å². The number of fused-ring (bicyclic) bond motifs is 1. The van der Waals surface area contributed by atoms with E-state index in [9.17, 15) is 5.11 Å². The maximum atomic E-state index is 10.0. The summed E-state index contributed by atoms with van der Waals surface area (Å²) >= 11 is 5.34. The van der Waals surface area contributed by atoms with Crippen LogP contribution in [0.3, 0.4) is 0 Å². The maximum Gasteiger partial charge on any atom is 0.0764 e. The van der Waals surface area contributed by atoms with Gasteiger partial charge in [-0.1, -0.05) is 56.6 Å². The Hall–Kier alpha value is -0.670. The summed E-state index contributed by atoms with van der Waals surface area (Å²) in [5.41, 5.74) is 0.0131. The molecule has 1 saturated heterocycles. The lowest BCUT2D eigenvalue weighted by molar-refractivity contribution is 0.207. The zero-order valence-electron chi connectivity index (χ0n) is 12.5. The average molecular weight is 293 g/mol. The van der Waals surface area contributed by atoms with Crippen molar-refractivity contribution in [3.05, 3.63) is 24.8 Å². The minimum absolute atomic E-state index is 0.0131. The van der Waals surface area contributed by atoms with E-state index in [-0.39, 0.29) is 11.6 Å². The van der Waals surface area contributed by atoms with Crippen LogP contribution in [0.1, 0.15) is 51.9 Å². The zero-order chi connectivity index (χ0) is 14.6. The van der Waals surface area contributed by atoms with Crippen molar-refractivity contribution in [2.24, 2.45) is 11.8 Å². The van der Waals surface area contributed by atoms with Crippen molar-refractivity contribution in [1.29, 1.82) is 0 Å². The van der Waals surface area contributed by atoms with E-state index in [4.69, 9.17) is 12.2 Å². The first-order valence-corrected chi connectivity index (χ1v) is 8.33. The van der Waals surface area contributed by atoms with Crippen LogP contribution in [0.4, 0.5) is 0 Å². The lowest BCUT2D eigenvalue weighted by atomic mass is 9.84. The van der Waals surface area contributed by atoms with Gasteiger partial charge in [-0.05, 0) is 31.1 Å². The summed E-state index contributed by atoms with van der Waals surface area (Å²) in [7, 11) is 0. The van der Waals surface area contributed by atoms with Crippen molar-refractivity contribution in [2.75, 3.05) is 0 Å². The largest absolute Gasteiger partial charge is 0.389 e. The van der Waals surface area contributed by atoms with Crippen LogP contribution in [0.15, 0.2) is 24.8 Å². The van der Waals surface area contributed by atoms with Gasteiger partial charge in [0.25, 0.3) is 0 Å². The Labute approximate surface area is 128 Å². The summed E-state index contributed by atoms with van der Waals surface area (Å²) < 4.78 is 0. The summed E-state index contributed by atoms with van der Waals surface area (Å²) in [6.45, 7) is 6.18. The van der Waals surface area contributed by atoms with Gasteiger partial charge in [0.2, 0.25) is 0 Å². The molecule has 1 aliphatic carbocycles. The molecule has 20 heavy (non-hydrogen) atoms. The van der Waals surface area contributed by atoms with Gasteiger partial charge in [-0.3, -0.25) is 0 Å². The predicted molar refractivity (Wildman–Crippen MR) is 88.8 cm³/mol. The molecule has 1 heterocycles. The molecule has 0 bridgehead atoms. The topological polar surface area (TPSA) is 32.3 Å². The van der Waals surface area contributed by atoms with Crippen molar-refractivity contribution in [3.8, 4) is 0 Å². The Morgan fingerprint density at radius 2 is 2.35 bits per heavy atom. The molecular formula is C17H27NOS. The average Bonchev–Trinajstić information content (AvgIpc) is 2.92. The van der Waals surface area contributed by atoms with Crippen molar-refractivity contribution < 1.29 is 5.11 Å². The Bertz CT molecular complexity index is 392. The third-order valence-electron chi connectivity index (χ3n) is 4.90. The van der Waals surface area contributed by atoms with E-state index in [2.05, 4.69) is 24.9 Å². The standard InChI is InChI=1S/C17H27NOS/c1-3-5-6-7-14(19)9-8-13-10-11-17(4-2)15(13)12-16(20)18-17/h4,8-9,13-15,19H,2-3,5-7,10-12H2,1H3,(H,18,20)/b9-8+/t13-,14-,15+,17-/m0/s1. The Balaban J connectivity index is 1.90. The summed E-state index contributed by atoms with van der Waals surface area (Å²) in [5, 5.41) is 13.5. The second-order valence-electron chi connectivity index (χ2n) is 6.25. The normalized spacial score (nSPS) is 34.2. The highest BCUT2D eigenvalue weighted by atomic mass is 32.1. The second kappa shape index (κ2) is 6.86. The molecule has 3 heteroatoms. The van der Waals surface area contributed by atoms with Gasteiger partial charge in [0.15, 0.2) is 0 Å². The number of hydrogen-bond acceptors (Lipinski definition) is 2. The third kappa shape index (κ3) is 3.32. The minimum Gasteiger partial charge on any atom is -0.389 e. The van der Waals surface area contributed by atoms with Gasteiger partial charge in [0.1, 0.15) is 0 Å². The van der Waals surface area contributed by atoms with Crippen LogP contribution in [-0.2, 0) is 0 Å². The molecule has 2 nitrogen and oxygen atoms in total. The van der Waals surface area contributed by atoms with Gasteiger partial charge >= 0.3 is 0 Å². The molecule has 0 spiro atoms. The van der Waals surface area contributed by atoms with E-state index in [1.54, 1.807) is 0 Å². The van der Waals surface area contributed by atoms with Crippen molar-refractivity contribution in [3.63, 3.8) is 0 Å². The molecular weight excluding hydrogens is 266 g/mol. The molecule has 2 N–H and O–H groups in total. The molecule has 4 atom stereocenters. The van der Waals surface area contributed by atoms with Gasteiger partial charge in [-0.2, -0.15) is 0 Å². The molecule has 2 fully saturated rings. The number of nitrogens with one attached hydrogen (secondary N) is 1. The molecule has 1 saturated carbocycles. The van der Waals surface area contributed by atoms with E-state index in [0.29, 0.717) is 11.8 Å². The first kappa shape index (κ1) is 15.7. The number of hydrogen-bond donors (Lipinski definition) is 2. The predicted octanol–water partition coefficient (Wildman–Crippen LogP) is 3.76. The van der Waals surface area contributed by atoms with Crippen molar-refractivity contribution >= 4 is 17.2 Å². The highest BCUT2D eigenvalue weighted by Gasteiger charge is 2.50. The van der Waals surface area contributed by atoms with Gasteiger partial charge in [-0.25, -0.2) is 0 Å². The molecule has 0 aromatic rings. The maximum absolute atomic E-state index is 10.0. The zero-order valence-corrected chi connectivity index (χ0v) is 13.3. The fourth-order valence-electron chi connectivity index (χ4n) is 3.68. The van der Waals surface area contributed by atoms with Crippen LogP contribution in [0, 0.1) is 11.8 Å². The van der Waals surface area contributed by atoms with Crippen LogP contribution in [0.2, 0.25) is 0 Å². The van der Waals surface area contributed by atoms with Crippen LogP contribution in [-0.4, -0.2) is 21.7 Å². The number of aliphatic hydroxyl groups excluding tert-OH is 1. The first-order valence-electron chi connectivity index (χ1n) is 7.92. The molecule has 0 radical (unpaired) electrons. The van der Waals surface area contributed by atoms with E-state index >= 15 is 0 Å². The minimum atomic E-state index is -0.290. The Morgan fingerprint density at radius 3 is 3.05 bits per heavy atom. The van der Waals surface area contributed by atoms with Gasteiger partial charge in [0, 0.05) is 6.42 Å². The number of rotatable bonds is 7. The molecule has 0 amide bonds. The Kier molecular flexibility index (Phi) is 5.39. The highest BCUT2D eigenvalue weighted by Crippen LogP contribution is 2.47. The number of unbranched alkanes of at least 4 members (excludes halogenated alkanes) is 2. The van der Waals surface area contributed by atoms with Crippen LogP contribution < -0.4 is 5.32 Å². The molecule has 2 aliphatic rings. The summed E-state index contributed by atoms with van der Waals surface area (Å²) in [4.78, 5) is 0.969. The van der Waals surface area contributed by atoms with E-state index in [0.717, 1.165) is 37.1 Å². The smallest absolute Gasteiger partial charge is 0.0764 e. The molecule has 0 aromatic heterocycles. The quantitative estimate of drug-likeness (QED) is 0.426. The SMILES string of the molecule is C=C[C@]12CC[C@H](/C=C/[C@@H](O)CCCCC)[C@H]1CC(=S)N2. The molecule has 2 rings (SSSR count). The monoisotopic (exact) mass is 293 g/mol.